The fourth-order valence-electron chi connectivity index (χ4n) is 1.32. The molecule has 0 amide bonds. The lowest BCUT2D eigenvalue weighted by molar-refractivity contribution is 0.402. The summed E-state index contributed by atoms with van der Waals surface area (Å²) in [5, 5.41) is 0. The highest BCUT2D eigenvalue weighted by atomic mass is 32.2. The third-order valence-electron chi connectivity index (χ3n) is 2.07. The van der Waals surface area contributed by atoms with Gasteiger partial charge in [0.1, 0.15) is 22.2 Å². The predicted molar refractivity (Wildman–Crippen MR) is 63.3 cm³/mol. The van der Waals surface area contributed by atoms with E-state index in [0.29, 0.717) is 0 Å². The van der Waals surface area contributed by atoms with Crippen molar-refractivity contribution in [2.24, 2.45) is 5.73 Å². The van der Waals surface area contributed by atoms with Gasteiger partial charge in [0.2, 0.25) is 0 Å². The lowest BCUT2D eigenvalue weighted by Crippen LogP contribution is -2.10. The van der Waals surface area contributed by atoms with Gasteiger partial charge in [-0.2, -0.15) is 0 Å². The number of hydrogen-bond donors (Lipinski definition) is 1. The molecule has 0 saturated carbocycles. The molecule has 0 spiro atoms. The Morgan fingerprint density at radius 3 is 2.71 bits per heavy atom. The zero-order chi connectivity index (χ0) is 12.9. The van der Waals surface area contributed by atoms with E-state index in [2.05, 4.69) is 0 Å². The summed E-state index contributed by atoms with van der Waals surface area (Å²) < 4.78 is 41.9. The van der Waals surface area contributed by atoms with E-state index in [0.717, 1.165) is 6.08 Å². The first kappa shape index (κ1) is 13.7. The molecule has 2 N–H and O–H groups in total. The van der Waals surface area contributed by atoms with Crippen LogP contribution in [0.25, 0.3) is 0 Å². The second-order valence-corrected chi connectivity index (χ2v) is 5.25. The molecule has 0 radical (unpaired) electrons. The van der Waals surface area contributed by atoms with Gasteiger partial charge in [0.25, 0.3) is 0 Å². The maximum atomic E-state index is 13.2. The van der Waals surface area contributed by atoms with Gasteiger partial charge in [-0.05, 0) is 18.2 Å². The maximum absolute atomic E-state index is 13.2. The third kappa shape index (κ3) is 3.54. The van der Waals surface area contributed by atoms with Crippen molar-refractivity contribution in [1.29, 1.82) is 0 Å². The summed E-state index contributed by atoms with van der Waals surface area (Å²) >= 11 is 0. The summed E-state index contributed by atoms with van der Waals surface area (Å²) in [7, 11) is -2.39. The molecule has 0 atom stereocenters. The van der Waals surface area contributed by atoms with Crippen LogP contribution in [0.3, 0.4) is 0 Å². The molecule has 0 aliphatic heterocycles. The van der Waals surface area contributed by atoms with Crippen LogP contribution in [0.4, 0.5) is 4.39 Å². The van der Waals surface area contributed by atoms with E-state index in [9.17, 15) is 12.8 Å². The fourth-order valence-corrected chi connectivity index (χ4v) is 2.70. The molecule has 0 heterocycles. The van der Waals surface area contributed by atoms with Crippen LogP contribution in [0, 0.1) is 0 Å². The molecule has 0 bridgehead atoms. The van der Waals surface area contributed by atoms with Crippen LogP contribution in [-0.2, 0) is 9.84 Å². The number of benzene rings is 1. The van der Waals surface area contributed by atoms with Gasteiger partial charge in [0.05, 0.1) is 7.11 Å². The van der Waals surface area contributed by atoms with E-state index in [4.69, 9.17) is 10.5 Å². The van der Waals surface area contributed by atoms with Gasteiger partial charge in [0, 0.05) is 6.54 Å². The number of halogens is 1. The number of methoxy groups -OCH3 is 1. The Morgan fingerprint density at radius 1 is 1.47 bits per heavy atom. The van der Waals surface area contributed by atoms with E-state index in [1.54, 1.807) is 12.1 Å². The van der Waals surface area contributed by atoms with E-state index in [1.807, 2.05) is 0 Å². The smallest absolute Gasteiger partial charge is 0.188 e. The van der Waals surface area contributed by atoms with Crippen LogP contribution in [0.1, 0.15) is 0 Å². The molecule has 0 fully saturated rings. The van der Waals surface area contributed by atoms with Gasteiger partial charge in [0.15, 0.2) is 9.84 Å². The molecule has 0 aliphatic rings. The molecule has 4 nitrogen and oxygen atoms in total. The minimum Gasteiger partial charge on any atom is -0.495 e. The van der Waals surface area contributed by atoms with Gasteiger partial charge in [-0.15, -0.1) is 0 Å². The van der Waals surface area contributed by atoms with Crippen LogP contribution in [0.5, 0.6) is 5.75 Å². The molecule has 1 aromatic carbocycles. The Balaban J connectivity index is 3.09. The van der Waals surface area contributed by atoms with Crippen LogP contribution in [0.15, 0.2) is 41.1 Å². The second-order valence-electron chi connectivity index (χ2n) is 3.30. The Morgan fingerprint density at radius 2 is 2.12 bits per heavy atom. The maximum Gasteiger partial charge on any atom is 0.188 e. The van der Waals surface area contributed by atoms with Crippen LogP contribution in [-0.4, -0.2) is 27.8 Å². The van der Waals surface area contributed by atoms with Crippen molar-refractivity contribution >= 4 is 9.84 Å². The monoisotopic (exact) mass is 259 g/mol. The van der Waals surface area contributed by atoms with Crippen molar-refractivity contribution in [1.82, 2.24) is 0 Å². The van der Waals surface area contributed by atoms with E-state index in [1.165, 1.54) is 19.2 Å². The Kier molecular flexibility index (Phi) is 4.65. The van der Waals surface area contributed by atoms with Gasteiger partial charge in [-0.3, -0.25) is 0 Å². The molecule has 0 aliphatic carbocycles. The summed E-state index contributed by atoms with van der Waals surface area (Å²) in [6, 6.07) is 6.09. The fraction of sp³-hybridized carbons (Fsp3) is 0.273. The van der Waals surface area contributed by atoms with Crippen molar-refractivity contribution in [3.8, 4) is 5.75 Å². The Hall–Kier alpha value is -1.40. The zero-order valence-corrected chi connectivity index (χ0v) is 10.2. The summed E-state index contributed by atoms with van der Waals surface area (Å²) in [4.78, 5) is -0.0249. The van der Waals surface area contributed by atoms with Crippen LogP contribution in [0.2, 0.25) is 0 Å². The highest BCUT2D eigenvalue weighted by Gasteiger charge is 2.20. The standard InChI is InChI=1S/C11H14FNO3S/c1-16-10-4-2-3-5-11(10)17(14,15)8-9(12)6-7-13/h2-6H,7-8,13H2,1H3/b9-6-. The quantitative estimate of drug-likeness (QED) is 0.864. The SMILES string of the molecule is COc1ccccc1S(=O)(=O)C/C(F)=C/CN. The highest BCUT2D eigenvalue weighted by molar-refractivity contribution is 7.91. The molecular weight excluding hydrogens is 245 g/mol. The van der Waals surface area contributed by atoms with Crippen molar-refractivity contribution in [3.05, 3.63) is 36.2 Å². The minimum atomic E-state index is -3.75. The lowest BCUT2D eigenvalue weighted by Gasteiger charge is -2.08. The minimum absolute atomic E-state index is 0.0249. The molecule has 94 valence electrons. The van der Waals surface area contributed by atoms with Gasteiger partial charge >= 0.3 is 0 Å². The molecule has 1 rings (SSSR count). The van der Waals surface area contributed by atoms with Gasteiger partial charge in [-0.1, -0.05) is 12.1 Å². The highest BCUT2D eigenvalue weighted by Crippen LogP contribution is 2.25. The number of rotatable bonds is 5. The van der Waals surface area contributed by atoms with Crippen LogP contribution < -0.4 is 10.5 Å². The largest absolute Gasteiger partial charge is 0.495 e. The Bertz CT molecular complexity index is 511. The molecule has 0 unspecified atom stereocenters. The molecule has 6 heteroatoms. The first-order valence-corrected chi connectivity index (χ1v) is 6.57. The predicted octanol–water partition coefficient (Wildman–Crippen LogP) is 1.28. The summed E-state index contributed by atoms with van der Waals surface area (Å²) in [5.74, 6) is -1.27. The van der Waals surface area contributed by atoms with Gasteiger partial charge in [-0.25, -0.2) is 12.8 Å². The summed E-state index contributed by atoms with van der Waals surface area (Å²) in [5.41, 5.74) is 5.11. The van der Waals surface area contributed by atoms with Crippen molar-refractivity contribution in [3.63, 3.8) is 0 Å². The van der Waals surface area contributed by atoms with Crippen LogP contribution >= 0.6 is 0 Å². The van der Waals surface area contributed by atoms with Gasteiger partial charge < -0.3 is 10.5 Å². The second kappa shape index (κ2) is 5.79. The lowest BCUT2D eigenvalue weighted by atomic mass is 10.3. The number of hydrogen-bond acceptors (Lipinski definition) is 4. The van der Waals surface area contributed by atoms with E-state index in [-0.39, 0.29) is 17.2 Å². The molecule has 17 heavy (non-hydrogen) atoms. The topological polar surface area (TPSA) is 69.4 Å². The first-order valence-electron chi connectivity index (χ1n) is 4.91. The zero-order valence-electron chi connectivity index (χ0n) is 9.39. The van der Waals surface area contributed by atoms with Crippen molar-refractivity contribution in [2.45, 2.75) is 4.90 Å². The number of ether oxygens (including phenoxy) is 1. The molecule has 0 saturated heterocycles. The van der Waals surface area contributed by atoms with E-state index >= 15 is 0 Å². The number of para-hydroxylation sites is 1. The Labute approximate surface area is 99.8 Å². The molecule has 1 aromatic rings. The normalized spacial score (nSPS) is 12.5. The molecule has 0 aromatic heterocycles. The average molecular weight is 259 g/mol. The number of sulfone groups is 1. The first-order chi connectivity index (χ1) is 8.01. The summed E-state index contributed by atoms with van der Waals surface area (Å²) in [6.07, 6.45) is 1.03. The molecular formula is C11H14FNO3S. The average Bonchev–Trinajstić information content (AvgIpc) is 2.28. The number of nitrogens with two attached hydrogens (primary N) is 1. The third-order valence-corrected chi connectivity index (χ3v) is 3.73. The summed E-state index contributed by atoms with van der Waals surface area (Å²) in [6.45, 7) is -0.0344. The van der Waals surface area contributed by atoms with Crippen molar-refractivity contribution in [2.75, 3.05) is 19.4 Å². The van der Waals surface area contributed by atoms with Crippen molar-refractivity contribution < 1.29 is 17.5 Å². The van der Waals surface area contributed by atoms with E-state index < -0.39 is 21.4 Å².